The monoisotopic (exact) mass is 290 g/mol. The van der Waals surface area contributed by atoms with Crippen molar-refractivity contribution in [3.8, 4) is 0 Å². The lowest BCUT2D eigenvalue weighted by molar-refractivity contribution is -0.0156. The minimum atomic E-state index is -3.69. The maximum atomic E-state index is 11.9. The number of morpholine rings is 1. The van der Waals surface area contributed by atoms with Crippen molar-refractivity contribution in [2.45, 2.75) is 17.8 Å². The molecule has 0 saturated carbocycles. The molecule has 7 nitrogen and oxygen atoms in total. The summed E-state index contributed by atoms with van der Waals surface area (Å²) in [5.41, 5.74) is 0. The smallest absolute Gasteiger partial charge is 0.274 e. The number of likely N-dealkylation sites (N-methyl/N-ethyl adjacent to an activating group) is 1. The van der Waals surface area contributed by atoms with Crippen LogP contribution in [0, 0.1) is 0 Å². The summed E-state index contributed by atoms with van der Waals surface area (Å²) in [6, 6.07) is 2.75. The molecular weight excluding hydrogens is 272 g/mol. The second-order valence-electron chi connectivity index (χ2n) is 4.49. The molecule has 0 spiro atoms. The molecule has 2 N–H and O–H groups in total. The molecule has 0 bridgehead atoms. The Hall–Kier alpha value is -0.930. The standard InChI is InChI=1S/C11H18N2O5S/c1-13-4-5-17-10(7-13)6-12-19(15,16)11-3-2-9(8-14)18-11/h2-3,10,12,14H,4-8H2,1H3. The van der Waals surface area contributed by atoms with E-state index in [0.29, 0.717) is 13.2 Å². The number of rotatable bonds is 5. The number of hydrogen-bond donors (Lipinski definition) is 2. The minimum absolute atomic E-state index is 0.166. The van der Waals surface area contributed by atoms with Gasteiger partial charge in [-0.3, -0.25) is 0 Å². The van der Waals surface area contributed by atoms with E-state index in [4.69, 9.17) is 14.3 Å². The van der Waals surface area contributed by atoms with Gasteiger partial charge in [-0.05, 0) is 19.2 Å². The van der Waals surface area contributed by atoms with Gasteiger partial charge in [-0.2, -0.15) is 0 Å². The van der Waals surface area contributed by atoms with Gasteiger partial charge in [0, 0.05) is 19.6 Å². The highest BCUT2D eigenvalue weighted by Gasteiger charge is 2.23. The zero-order valence-corrected chi connectivity index (χ0v) is 11.5. The van der Waals surface area contributed by atoms with Crippen LogP contribution in [0.5, 0.6) is 0 Å². The third kappa shape index (κ3) is 3.77. The van der Waals surface area contributed by atoms with Crippen molar-refractivity contribution in [2.24, 2.45) is 0 Å². The predicted molar refractivity (Wildman–Crippen MR) is 67.1 cm³/mol. The van der Waals surface area contributed by atoms with Crippen LogP contribution in [0.15, 0.2) is 21.6 Å². The van der Waals surface area contributed by atoms with Crippen molar-refractivity contribution in [1.82, 2.24) is 9.62 Å². The normalized spacial score (nSPS) is 21.7. The van der Waals surface area contributed by atoms with Gasteiger partial charge in [-0.15, -0.1) is 0 Å². The molecule has 1 aliphatic rings. The summed E-state index contributed by atoms with van der Waals surface area (Å²) in [4.78, 5) is 2.08. The van der Waals surface area contributed by atoms with Gasteiger partial charge in [0.15, 0.2) is 0 Å². The van der Waals surface area contributed by atoms with Crippen LogP contribution in [-0.2, 0) is 21.4 Å². The summed E-state index contributed by atoms with van der Waals surface area (Å²) in [7, 11) is -1.73. The Kier molecular flexibility index (Phi) is 4.58. The van der Waals surface area contributed by atoms with Crippen LogP contribution in [0.3, 0.4) is 0 Å². The molecule has 1 saturated heterocycles. The molecule has 2 rings (SSSR count). The van der Waals surface area contributed by atoms with Crippen molar-refractivity contribution < 1.29 is 22.7 Å². The van der Waals surface area contributed by atoms with E-state index < -0.39 is 10.0 Å². The molecule has 0 radical (unpaired) electrons. The molecule has 0 aliphatic carbocycles. The number of aliphatic hydroxyl groups is 1. The van der Waals surface area contributed by atoms with E-state index in [0.717, 1.165) is 6.54 Å². The molecule has 0 aromatic carbocycles. The lowest BCUT2D eigenvalue weighted by atomic mass is 10.3. The molecule has 1 aliphatic heterocycles. The fourth-order valence-electron chi connectivity index (χ4n) is 1.85. The van der Waals surface area contributed by atoms with Crippen molar-refractivity contribution in [2.75, 3.05) is 33.3 Å². The molecule has 19 heavy (non-hydrogen) atoms. The van der Waals surface area contributed by atoms with Crippen LogP contribution in [0.2, 0.25) is 0 Å². The first-order valence-corrected chi connectivity index (χ1v) is 7.49. The van der Waals surface area contributed by atoms with Crippen LogP contribution >= 0.6 is 0 Å². The Balaban J connectivity index is 1.93. The molecule has 1 fully saturated rings. The number of ether oxygens (including phenoxy) is 1. The fraction of sp³-hybridized carbons (Fsp3) is 0.636. The molecule has 1 aromatic rings. The predicted octanol–water partition coefficient (Wildman–Crippen LogP) is -0.619. The first-order valence-electron chi connectivity index (χ1n) is 6.00. The van der Waals surface area contributed by atoms with Gasteiger partial charge in [0.25, 0.3) is 10.0 Å². The van der Waals surface area contributed by atoms with E-state index in [1.54, 1.807) is 0 Å². The van der Waals surface area contributed by atoms with Gasteiger partial charge in [-0.25, -0.2) is 13.1 Å². The quantitative estimate of drug-likeness (QED) is 0.751. The van der Waals surface area contributed by atoms with Crippen LogP contribution in [-0.4, -0.2) is 57.8 Å². The average Bonchev–Trinajstić information content (AvgIpc) is 2.86. The highest BCUT2D eigenvalue weighted by molar-refractivity contribution is 7.89. The second-order valence-corrected chi connectivity index (χ2v) is 6.18. The minimum Gasteiger partial charge on any atom is -0.446 e. The summed E-state index contributed by atoms with van der Waals surface area (Å²) in [5, 5.41) is 8.65. The van der Waals surface area contributed by atoms with E-state index in [1.165, 1.54) is 12.1 Å². The van der Waals surface area contributed by atoms with E-state index in [9.17, 15) is 8.42 Å². The Morgan fingerprint density at radius 3 is 2.95 bits per heavy atom. The number of sulfonamides is 1. The molecule has 0 amide bonds. The van der Waals surface area contributed by atoms with Gasteiger partial charge < -0.3 is 19.2 Å². The number of nitrogens with one attached hydrogen (secondary N) is 1. The molecule has 2 heterocycles. The first-order chi connectivity index (χ1) is 9.01. The summed E-state index contributed by atoms with van der Waals surface area (Å²) in [6.45, 7) is 2.00. The maximum absolute atomic E-state index is 11.9. The zero-order valence-electron chi connectivity index (χ0n) is 10.7. The Labute approximate surface area is 112 Å². The van der Waals surface area contributed by atoms with E-state index in [1.807, 2.05) is 7.05 Å². The van der Waals surface area contributed by atoms with Crippen molar-refractivity contribution >= 4 is 10.0 Å². The summed E-state index contributed by atoms with van der Waals surface area (Å²) >= 11 is 0. The maximum Gasteiger partial charge on any atom is 0.274 e. The lowest BCUT2D eigenvalue weighted by Gasteiger charge is -2.29. The Bertz CT molecular complexity index is 513. The molecule has 1 atom stereocenters. The van der Waals surface area contributed by atoms with Crippen LogP contribution < -0.4 is 4.72 Å². The van der Waals surface area contributed by atoms with Gasteiger partial charge in [-0.1, -0.05) is 0 Å². The molecule has 8 heteroatoms. The highest BCUT2D eigenvalue weighted by Crippen LogP contribution is 2.14. The van der Waals surface area contributed by atoms with E-state index >= 15 is 0 Å². The van der Waals surface area contributed by atoms with Crippen LogP contribution in [0.4, 0.5) is 0 Å². The average molecular weight is 290 g/mol. The van der Waals surface area contributed by atoms with Crippen molar-refractivity contribution in [3.63, 3.8) is 0 Å². The molecule has 108 valence electrons. The molecule has 1 unspecified atom stereocenters. The number of hydrogen-bond acceptors (Lipinski definition) is 6. The number of aliphatic hydroxyl groups excluding tert-OH is 1. The van der Waals surface area contributed by atoms with Gasteiger partial charge >= 0.3 is 0 Å². The van der Waals surface area contributed by atoms with E-state index in [2.05, 4.69) is 9.62 Å². The van der Waals surface area contributed by atoms with Crippen molar-refractivity contribution in [1.29, 1.82) is 0 Å². The number of furan rings is 1. The van der Waals surface area contributed by atoms with E-state index in [-0.39, 0.29) is 30.1 Å². The third-order valence-corrected chi connectivity index (χ3v) is 4.20. The second kappa shape index (κ2) is 6.02. The third-order valence-electron chi connectivity index (χ3n) is 2.90. The Morgan fingerprint density at radius 1 is 1.53 bits per heavy atom. The SMILES string of the molecule is CN1CCOC(CNS(=O)(=O)c2ccc(CO)o2)C1. The molecule has 1 aromatic heterocycles. The highest BCUT2D eigenvalue weighted by atomic mass is 32.2. The van der Waals surface area contributed by atoms with Crippen molar-refractivity contribution in [3.05, 3.63) is 17.9 Å². The first kappa shape index (κ1) is 14.5. The summed E-state index contributed by atoms with van der Waals surface area (Å²) in [6.07, 6.45) is -0.166. The topological polar surface area (TPSA) is 92.0 Å². The van der Waals surface area contributed by atoms with Crippen LogP contribution in [0.25, 0.3) is 0 Å². The fourth-order valence-corrected chi connectivity index (χ4v) is 2.86. The van der Waals surface area contributed by atoms with Gasteiger partial charge in [0.1, 0.15) is 12.4 Å². The van der Waals surface area contributed by atoms with Crippen LogP contribution in [0.1, 0.15) is 5.76 Å². The Morgan fingerprint density at radius 2 is 2.32 bits per heavy atom. The summed E-state index contributed by atoms with van der Waals surface area (Å²) < 4.78 is 36.8. The molecular formula is C11H18N2O5S. The van der Waals surface area contributed by atoms with Gasteiger partial charge in [0.2, 0.25) is 5.09 Å². The zero-order chi connectivity index (χ0) is 13.9. The lowest BCUT2D eigenvalue weighted by Crippen LogP contribution is -2.45. The largest absolute Gasteiger partial charge is 0.446 e. The summed E-state index contributed by atoms with van der Waals surface area (Å²) in [5.74, 6) is 0.217. The number of nitrogens with zero attached hydrogens (tertiary/aromatic N) is 1. The van der Waals surface area contributed by atoms with Gasteiger partial charge in [0.05, 0.1) is 12.7 Å².